The van der Waals surface area contributed by atoms with Crippen LogP contribution in [0, 0.1) is 0 Å². The van der Waals surface area contributed by atoms with E-state index in [0.717, 1.165) is 11.1 Å². The Kier molecular flexibility index (Phi) is 5.76. The second-order valence-corrected chi connectivity index (χ2v) is 8.30. The molecule has 0 aromatic heterocycles. The van der Waals surface area contributed by atoms with Gasteiger partial charge in [-0.2, -0.15) is 4.31 Å². The minimum atomic E-state index is -3.62. The van der Waals surface area contributed by atoms with Gasteiger partial charge >= 0.3 is 0 Å². The van der Waals surface area contributed by atoms with E-state index < -0.39 is 10.0 Å². The average Bonchev–Trinajstić information content (AvgIpc) is 2.62. The first-order chi connectivity index (χ1) is 12.0. The monoisotopic (exact) mass is 380 g/mol. The van der Waals surface area contributed by atoms with E-state index in [0.29, 0.717) is 31.3 Å². The molecular formula is C18H21ClN2O3S. The molecule has 0 amide bonds. The van der Waals surface area contributed by atoms with Crippen LogP contribution in [0.5, 0.6) is 0 Å². The molecule has 25 heavy (non-hydrogen) atoms. The summed E-state index contributed by atoms with van der Waals surface area (Å²) < 4.78 is 33.1. The highest BCUT2D eigenvalue weighted by molar-refractivity contribution is 7.89. The summed E-state index contributed by atoms with van der Waals surface area (Å²) in [5.41, 5.74) is 1.72. The summed E-state index contributed by atoms with van der Waals surface area (Å²) in [4.78, 5) is 0.288. The van der Waals surface area contributed by atoms with Crippen LogP contribution < -0.4 is 5.32 Å². The first kappa shape index (κ1) is 18.4. The fourth-order valence-electron chi connectivity index (χ4n) is 3.07. The Morgan fingerprint density at radius 1 is 1.24 bits per heavy atom. The summed E-state index contributed by atoms with van der Waals surface area (Å²) in [5.74, 6) is 0. The second kappa shape index (κ2) is 7.85. The number of nitrogens with zero attached hydrogens (tertiary/aromatic N) is 1. The molecule has 134 valence electrons. The van der Waals surface area contributed by atoms with Crippen molar-refractivity contribution >= 4 is 21.6 Å². The zero-order chi connectivity index (χ0) is 17.9. The van der Waals surface area contributed by atoms with Gasteiger partial charge < -0.3 is 10.1 Å². The van der Waals surface area contributed by atoms with Crippen LogP contribution in [0.3, 0.4) is 0 Å². The van der Waals surface area contributed by atoms with Crippen molar-refractivity contribution in [1.82, 2.24) is 9.62 Å². The van der Waals surface area contributed by atoms with Gasteiger partial charge in [0.15, 0.2) is 0 Å². The highest BCUT2D eigenvalue weighted by Crippen LogP contribution is 2.30. The Morgan fingerprint density at radius 3 is 2.80 bits per heavy atom. The molecule has 0 saturated carbocycles. The summed E-state index contributed by atoms with van der Waals surface area (Å²) >= 11 is 6.10. The highest BCUT2D eigenvalue weighted by atomic mass is 35.5. The molecule has 2 aromatic carbocycles. The first-order valence-corrected chi connectivity index (χ1v) is 9.90. The van der Waals surface area contributed by atoms with Gasteiger partial charge in [0.1, 0.15) is 0 Å². The predicted molar refractivity (Wildman–Crippen MR) is 98.1 cm³/mol. The second-order valence-electron chi connectivity index (χ2n) is 5.97. The van der Waals surface area contributed by atoms with Crippen molar-refractivity contribution in [3.8, 4) is 0 Å². The van der Waals surface area contributed by atoms with E-state index in [2.05, 4.69) is 5.32 Å². The molecule has 1 heterocycles. The van der Waals surface area contributed by atoms with Gasteiger partial charge in [-0.05, 0) is 35.4 Å². The van der Waals surface area contributed by atoms with Crippen LogP contribution in [0.2, 0.25) is 5.02 Å². The molecular weight excluding hydrogens is 360 g/mol. The number of methoxy groups -OCH3 is 1. The fraction of sp³-hybridized carbons (Fsp3) is 0.333. The summed E-state index contributed by atoms with van der Waals surface area (Å²) in [6.07, 6.45) is 0. The number of piperazine rings is 1. The maximum absolute atomic E-state index is 13.2. The smallest absolute Gasteiger partial charge is 0.243 e. The molecule has 0 aliphatic carbocycles. The quantitative estimate of drug-likeness (QED) is 0.866. The number of rotatable bonds is 5. The first-order valence-electron chi connectivity index (χ1n) is 8.08. The molecule has 2 aromatic rings. The van der Waals surface area contributed by atoms with E-state index in [1.54, 1.807) is 35.7 Å². The fourth-order valence-corrected chi connectivity index (χ4v) is 4.95. The van der Waals surface area contributed by atoms with Crippen molar-refractivity contribution < 1.29 is 13.2 Å². The van der Waals surface area contributed by atoms with Crippen molar-refractivity contribution in [2.24, 2.45) is 0 Å². The molecule has 0 bridgehead atoms. The van der Waals surface area contributed by atoms with Crippen molar-refractivity contribution in [3.63, 3.8) is 0 Å². The summed E-state index contributed by atoms with van der Waals surface area (Å²) in [6, 6.07) is 14.0. The standard InChI is InChI=1S/C18H21ClN2O3S/c1-24-13-14-4-2-7-17(10-14)25(22,23)21-9-8-20-12-18(21)15-5-3-6-16(19)11-15/h2-7,10-11,18,20H,8-9,12-13H2,1H3. The zero-order valence-corrected chi connectivity index (χ0v) is 15.6. The van der Waals surface area contributed by atoms with Crippen molar-refractivity contribution in [2.45, 2.75) is 17.5 Å². The van der Waals surface area contributed by atoms with Gasteiger partial charge in [0.25, 0.3) is 0 Å². The zero-order valence-electron chi connectivity index (χ0n) is 14.0. The lowest BCUT2D eigenvalue weighted by molar-refractivity contribution is 0.184. The number of benzene rings is 2. The molecule has 1 unspecified atom stereocenters. The molecule has 0 radical (unpaired) electrons. The van der Waals surface area contributed by atoms with Crippen LogP contribution in [0.15, 0.2) is 53.4 Å². The van der Waals surface area contributed by atoms with E-state index in [9.17, 15) is 8.42 Å². The lowest BCUT2D eigenvalue weighted by Crippen LogP contribution is -2.48. The molecule has 1 aliphatic heterocycles. The number of hydrogen-bond donors (Lipinski definition) is 1. The molecule has 1 atom stereocenters. The number of nitrogens with one attached hydrogen (secondary N) is 1. The van der Waals surface area contributed by atoms with E-state index in [1.807, 2.05) is 24.3 Å². The highest BCUT2D eigenvalue weighted by Gasteiger charge is 2.34. The lowest BCUT2D eigenvalue weighted by Gasteiger charge is -2.35. The molecule has 1 aliphatic rings. The Bertz CT molecular complexity index is 842. The number of ether oxygens (including phenoxy) is 1. The average molecular weight is 381 g/mol. The molecule has 7 heteroatoms. The van der Waals surface area contributed by atoms with E-state index in [4.69, 9.17) is 16.3 Å². The lowest BCUT2D eigenvalue weighted by atomic mass is 10.1. The van der Waals surface area contributed by atoms with Gasteiger partial charge in [-0.25, -0.2) is 8.42 Å². The third-order valence-electron chi connectivity index (χ3n) is 4.24. The van der Waals surface area contributed by atoms with E-state index in [1.165, 1.54) is 0 Å². The molecule has 1 N–H and O–H groups in total. The Balaban J connectivity index is 1.97. The van der Waals surface area contributed by atoms with Crippen LogP contribution in [-0.2, 0) is 21.4 Å². The van der Waals surface area contributed by atoms with Crippen LogP contribution >= 0.6 is 11.6 Å². The SMILES string of the molecule is COCc1cccc(S(=O)(=O)N2CCNCC2c2cccc(Cl)c2)c1. The molecule has 3 rings (SSSR count). The Morgan fingerprint density at radius 2 is 2.04 bits per heavy atom. The Labute approximate surface area is 153 Å². The van der Waals surface area contributed by atoms with Crippen LogP contribution in [0.4, 0.5) is 0 Å². The van der Waals surface area contributed by atoms with Crippen molar-refractivity contribution in [3.05, 3.63) is 64.7 Å². The molecule has 0 spiro atoms. The number of halogens is 1. The van der Waals surface area contributed by atoms with Crippen molar-refractivity contribution in [2.75, 3.05) is 26.7 Å². The van der Waals surface area contributed by atoms with Crippen LogP contribution in [0.25, 0.3) is 0 Å². The predicted octanol–water partition coefficient (Wildman–Crippen LogP) is 2.82. The van der Waals surface area contributed by atoms with Crippen LogP contribution in [-0.4, -0.2) is 39.5 Å². The van der Waals surface area contributed by atoms with Crippen molar-refractivity contribution in [1.29, 1.82) is 0 Å². The third-order valence-corrected chi connectivity index (χ3v) is 6.38. The molecule has 5 nitrogen and oxygen atoms in total. The van der Waals surface area contributed by atoms with Gasteiger partial charge in [-0.1, -0.05) is 35.9 Å². The van der Waals surface area contributed by atoms with Gasteiger partial charge in [0.05, 0.1) is 17.5 Å². The van der Waals surface area contributed by atoms with E-state index in [-0.39, 0.29) is 10.9 Å². The third kappa shape index (κ3) is 4.04. The maximum atomic E-state index is 13.2. The topological polar surface area (TPSA) is 58.6 Å². The summed E-state index contributed by atoms with van der Waals surface area (Å²) in [5, 5.41) is 3.87. The Hall–Kier alpha value is -1.44. The van der Waals surface area contributed by atoms with Gasteiger partial charge in [0.2, 0.25) is 10.0 Å². The number of hydrogen-bond acceptors (Lipinski definition) is 4. The minimum Gasteiger partial charge on any atom is -0.380 e. The number of sulfonamides is 1. The van der Waals surface area contributed by atoms with Gasteiger partial charge in [0, 0.05) is 31.8 Å². The molecule has 1 fully saturated rings. The van der Waals surface area contributed by atoms with E-state index >= 15 is 0 Å². The van der Waals surface area contributed by atoms with Crippen LogP contribution in [0.1, 0.15) is 17.2 Å². The molecule has 1 saturated heterocycles. The maximum Gasteiger partial charge on any atom is 0.243 e. The summed E-state index contributed by atoms with van der Waals surface area (Å²) in [7, 11) is -2.03. The largest absolute Gasteiger partial charge is 0.380 e. The van der Waals surface area contributed by atoms with Gasteiger partial charge in [-0.15, -0.1) is 0 Å². The normalized spacial score (nSPS) is 19.0. The minimum absolute atomic E-state index is 0.288. The summed E-state index contributed by atoms with van der Waals surface area (Å²) in [6.45, 7) is 1.96. The van der Waals surface area contributed by atoms with Gasteiger partial charge in [-0.3, -0.25) is 0 Å².